The van der Waals surface area contributed by atoms with E-state index in [2.05, 4.69) is 5.32 Å². The summed E-state index contributed by atoms with van der Waals surface area (Å²) in [6.07, 6.45) is 0.721. The average molecular weight is 280 g/mol. The van der Waals surface area contributed by atoms with Crippen molar-refractivity contribution in [1.82, 2.24) is 0 Å². The van der Waals surface area contributed by atoms with Crippen LogP contribution in [-0.4, -0.2) is 18.9 Å². The number of para-hydroxylation sites is 1. The Morgan fingerprint density at radius 3 is 2.71 bits per heavy atom. The van der Waals surface area contributed by atoms with E-state index in [1.807, 2.05) is 48.5 Å². The number of benzene rings is 2. The molecule has 1 aliphatic rings. The molecule has 0 saturated carbocycles. The van der Waals surface area contributed by atoms with E-state index in [-0.39, 0.29) is 11.8 Å². The molecule has 2 aromatic rings. The summed E-state index contributed by atoms with van der Waals surface area (Å²) in [5, 5.41) is 2.79. The van der Waals surface area contributed by atoms with Gasteiger partial charge in [0.05, 0.1) is 12.8 Å². The van der Waals surface area contributed by atoms with Crippen LogP contribution in [0.4, 0.5) is 11.4 Å². The minimum absolute atomic E-state index is 0.00915. The SMILES string of the molecule is CN(C(=O)Cc1ccc2c(c1)CC(=O)N2)c1ccccc1. The second-order valence-corrected chi connectivity index (χ2v) is 5.18. The van der Waals surface area contributed by atoms with Gasteiger partial charge in [-0.3, -0.25) is 9.59 Å². The van der Waals surface area contributed by atoms with Gasteiger partial charge in [-0.25, -0.2) is 0 Å². The lowest BCUT2D eigenvalue weighted by Gasteiger charge is -2.17. The van der Waals surface area contributed by atoms with E-state index >= 15 is 0 Å². The van der Waals surface area contributed by atoms with Gasteiger partial charge >= 0.3 is 0 Å². The van der Waals surface area contributed by atoms with Gasteiger partial charge < -0.3 is 10.2 Å². The van der Waals surface area contributed by atoms with E-state index in [1.54, 1.807) is 11.9 Å². The molecule has 0 atom stereocenters. The predicted octanol–water partition coefficient (Wildman–Crippen LogP) is 2.39. The standard InChI is InChI=1S/C17H16N2O2/c1-19(14-5-3-2-4-6-14)17(21)10-12-7-8-15-13(9-12)11-16(20)18-15/h2-9H,10-11H2,1H3,(H,18,20). The Labute approximate surface area is 123 Å². The summed E-state index contributed by atoms with van der Waals surface area (Å²) in [6.45, 7) is 0. The fraction of sp³-hybridized carbons (Fsp3) is 0.176. The van der Waals surface area contributed by atoms with Crippen LogP contribution >= 0.6 is 0 Å². The lowest BCUT2D eigenvalue weighted by atomic mass is 10.1. The number of nitrogens with one attached hydrogen (secondary N) is 1. The van der Waals surface area contributed by atoms with Gasteiger partial charge in [-0.1, -0.05) is 30.3 Å². The molecule has 0 aromatic heterocycles. The van der Waals surface area contributed by atoms with Crippen LogP contribution in [0.5, 0.6) is 0 Å². The third-order valence-electron chi connectivity index (χ3n) is 3.67. The summed E-state index contributed by atoms with van der Waals surface area (Å²) < 4.78 is 0. The molecule has 0 bridgehead atoms. The molecule has 0 spiro atoms. The first-order valence-corrected chi connectivity index (χ1v) is 6.87. The molecule has 0 unspecified atom stereocenters. The quantitative estimate of drug-likeness (QED) is 0.938. The molecule has 21 heavy (non-hydrogen) atoms. The number of nitrogens with zero attached hydrogens (tertiary/aromatic N) is 1. The Morgan fingerprint density at radius 1 is 1.19 bits per heavy atom. The van der Waals surface area contributed by atoms with Gasteiger partial charge in [0, 0.05) is 18.4 Å². The van der Waals surface area contributed by atoms with Crippen LogP contribution in [0.15, 0.2) is 48.5 Å². The number of hydrogen-bond donors (Lipinski definition) is 1. The molecule has 0 aliphatic carbocycles. The summed E-state index contributed by atoms with van der Waals surface area (Å²) in [6, 6.07) is 15.2. The number of carbonyl (C=O) groups excluding carboxylic acids is 2. The van der Waals surface area contributed by atoms with Crippen LogP contribution in [0.2, 0.25) is 0 Å². The monoisotopic (exact) mass is 280 g/mol. The summed E-state index contributed by atoms with van der Waals surface area (Å²) in [4.78, 5) is 25.3. The number of fused-ring (bicyclic) bond motifs is 1. The summed E-state index contributed by atoms with van der Waals surface area (Å²) >= 11 is 0. The Bertz CT molecular complexity index is 695. The first kappa shape index (κ1) is 13.4. The summed E-state index contributed by atoms with van der Waals surface area (Å²) in [5.74, 6) is 0.0355. The zero-order chi connectivity index (χ0) is 14.8. The van der Waals surface area contributed by atoms with Gasteiger partial charge in [0.2, 0.25) is 11.8 Å². The summed E-state index contributed by atoms with van der Waals surface area (Å²) in [7, 11) is 1.77. The van der Waals surface area contributed by atoms with Gasteiger partial charge in [0.15, 0.2) is 0 Å². The highest BCUT2D eigenvalue weighted by molar-refractivity contribution is 5.99. The van der Waals surface area contributed by atoms with Gasteiger partial charge in [-0.15, -0.1) is 0 Å². The summed E-state index contributed by atoms with van der Waals surface area (Å²) in [5.41, 5.74) is 3.62. The van der Waals surface area contributed by atoms with E-state index < -0.39 is 0 Å². The predicted molar refractivity (Wildman–Crippen MR) is 82.3 cm³/mol. The van der Waals surface area contributed by atoms with Gasteiger partial charge in [0.25, 0.3) is 0 Å². The highest BCUT2D eigenvalue weighted by atomic mass is 16.2. The molecule has 2 amide bonds. The van der Waals surface area contributed by atoms with Crippen molar-refractivity contribution in [3.63, 3.8) is 0 Å². The molecule has 2 aromatic carbocycles. The van der Waals surface area contributed by atoms with E-state index in [0.717, 1.165) is 22.5 Å². The van der Waals surface area contributed by atoms with E-state index in [4.69, 9.17) is 0 Å². The average Bonchev–Trinajstić information content (AvgIpc) is 2.86. The lowest BCUT2D eigenvalue weighted by molar-refractivity contribution is -0.117. The Morgan fingerprint density at radius 2 is 1.95 bits per heavy atom. The maximum Gasteiger partial charge on any atom is 0.231 e. The number of likely N-dealkylation sites (N-methyl/N-ethyl adjacent to an activating group) is 1. The van der Waals surface area contributed by atoms with E-state index in [1.165, 1.54) is 0 Å². The zero-order valence-electron chi connectivity index (χ0n) is 11.8. The molecule has 1 aliphatic heterocycles. The van der Waals surface area contributed by atoms with Crippen molar-refractivity contribution in [2.24, 2.45) is 0 Å². The van der Waals surface area contributed by atoms with Crippen LogP contribution < -0.4 is 10.2 Å². The normalized spacial score (nSPS) is 12.7. The Kier molecular flexibility index (Phi) is 3.44. The Balaban J connectivity index is 1.74. The number of amides is 2. The molecular formula is C17H16N2O2. The van der Waals surface area contributed by atoms with Gasteiger partial charge in [0.1, 0.15) is 0 Å². The smallest absolute Gasteiger partial charge is 0.231 e. The lowest BCUT2D eigenvalue weighted by Crippen LogP contribution is -2.27. The highest BCUT2D eigenvalue weighted by Gasteiger charge is 2.18. The highest BCUT2D eigenvalue weighted by Crippen LogP contribution is 2.24. The minimum Gasteiger partial charge on any atom is -0.326 e. The fourth-order valence-electron chi connectivity index (χ4n) is 2.48. The van der Waals surface area contributed by atoms with Crippen molar-refractivity contribution in [3.05, 3.63) is 59.7 Å². The molecule has 0 fully saturated rings. The van der Waals surface area contributed by atoms with Crippen molar-refractivity contribution in [1.29, 1.82) is 0 Å². The van der Waals surface area contributed by atoms with E-state index in [9.17, 15) is 9.59 Å². The first-order valence-electron chi connectivity index (χ1n) is 6.87. The second kappa shape index (κ2) is 5.40. The molecule has 4 heteroatoms. The maximum absolute atomic E-state index is 12.3. The molecular weight excluding hydrogens is 264 g/mol. The van der Waals surface area contributed by atoms with Crippen molar-refractivity contribution >= 4 is 23.2 Å². The maximum atomic E-state index is 12.3. The van der Waals surface area contributed by atoms with Crippen molar-refractivity contribution in [3.8, 4) is 0 Å². The van der Waals surface area contributed by atoms with Crippen LogP contribution in [0, 0.1) is 0 Å². The van der Waals surface area contributed by atoms with Crippen molar-refractivity contribution in [2.45, 2.75) is 12.8 Å². The van der Waals surface area contributed by atoms with E-state index in [0.29, 0.717) is 12.8 Å². The largest absolute Gasteiger partial charge is 0.326 e. The molecule has 1 heterocycles. The Hall–Kier alpha value is -2.62. The van der Waals surface area contributed by atoms with Crippen LogP contribution in [0.1, 0.15) is 11.1 Å². The molecule has 0 radical (unpaired) electrons. The van der Waals surface area contributed by atoms with Crippen LogP contribution in [0.25, 0.3) is 0 Å². The minimum atomic E-state index is 0.00915. The van der Waals surface area contributed by atoms with Crippen LogP contribution in [0.3, 0.4) is 0 Å². The molecule has 106 valence electrons. The zero-order valence-corrected chi connectivity index (χ0v) is 11.8. The van der Waals surface area contributed by atoms with Gasteiger partial charge in [-0.05, 0) is 29.3 Å². The number of hydrogen-bond acceptors (Lipinski definition) is 2. The number of rotatable bonds is 3. The number of anilines is 2. The van der Waals surface area contributed by atoms with Crippen molar-refractivity contribution < 1.29 is 9.59 Å². The molecule has 1 N–H and O–H groups in total. The number of carbonyl (C=O) groups is 2. The second-order valence-electron chi connectivity index (χ2n) is 5.18. The molecule has 0 saturated heterocycles. The molecule has 3 rings (SSSR count). The van der Waals surface area contributed by atoms with Crippen LogP contribution in [-0.2, 0) is 22.4 Å². The third-order valence-corrected chi connectivity index (χ3v) is 3.67. The topological polar surface area (TPSA) is 49.4 Å². The third kappa shape index (κ3) is 2.79. The fourth-order valence-corrected chi connectivity index (χ4v) is 2.48. The van der Waals surface area contributed by atoms with Gasteiger partial charge in [-0.2, -0.15) is 0 Å². The molecule has 4 nitrogen and oxygen atoms in total. The first-order chi connectivity index (χ1) is 10.1. The van der Waals surface area contributed by atoms with Crippen molar-refractivity contribution in [2.75, 3.05) is 17.3 Å².